The van der Waals surface area contributed by atoms with Gasteiger partial charge in [0.15, 0.2) is 0 Å². The molecule has 16 heteroatoms. The Kier molecular flexibility index (Phi) is 11.2. The third-order valence-corrected chi connectivity index (χ3v) is 5.89. The van der Waals surface area contributed by atoms with Crippen molar-refractivity contribution in [3.05, 3.63) is 54.6 Å². The molecule has 1 spiro atoms. The molecular formula is C24H25F6N3O7. The van der Waals surface area contributed by atoms with Crippen molar-refractivity contribution in [1.29, 1.82) is 0 Å². The maximum atomic E-state index is 12.8. The van der Waals surface area contributed by atoms with E-state index in [-0.39, 0.29) is 17.4 Å². The van der Waals surface area contributed by atoms with E-state index in [1.165, 1.54) is 0 Å². The van der Waals surface area contributed by atoms with Crippen molar-refractivity contribution in [1.82, 2.24) is 14.9 Å². The number of aliphatic carboxylic acids is 2. The molecule has 2 aromatic rings. The average Bonchev–Trinajstić information content (AvgIpc) is 3.28. The standard InChI is InChI=1S/C20H23N3O3.2C2HF3O2/c24-19(16-5-9-21-10-6-16)23-11-12-26-20(15-23)7-1-3-17(20)14-25-18-4-2-8-22-13-18;2*3-2(4,5)1(6)7/h2,4-6,8-10,13,17H,1,3,7,11-12,14-15H2;2*(H,6,7)/t17-,20+;;/m0../s1. The van der Waals surface area contributed by atoms with Gasteiger partial charge in [0.2, 0.25) is 0 Å². The number of halogens is 6. The fourth-order valence-corrected chi connectivity index (χ4v) is 4.03. The van der Waals surface area contributed by atoms with Gasteiger partial charge in [0.1, 0.15) is 5.75 Å². The summed E-state index contributed by atoms with van der Waals surface area (Å²) in [6, 6.07) is 7.31. The first-order valence-electron chi connectivity index (χ1n) is 11.6. The Morgan fingerprint density at radius 2 is 1.60 bits per heavy atom. The van der Waals surface area contributed by atoms with Gasteiger partial charge in [0.25, 0.3) is 5.91 Å². The van der Waals surface area contributed by atoms with E-state index in [0.717, 1.165) is 25.0 Å². The van der Waals surface area contributed by atoms with E-state index >= 15 is 0 Å². The fourth-order valence-electron chi connectivity index (χ4n) is 4.03. The van der Waals surface area contributed by atoms with Crippen LogP contribution in [0.2, 0.25) is 0 Å². The molecule has 3 heterocycles. The Bertz CT molecular complexity index is 1100. The van der Waals surface area contributed by atoms with Gasteiger partial charge in [0, 0.05) is 36.6 Å². The Hall–Kier alpha value is -3.95. The van der Waals surface area contributed by atoms with Crippen LogP contribution in [0.1, 0.15) is 29.6 Å². The molecule has 1 aliphatic carbocycles. The van der Waals surface area contributed by atoms with Crippen molar-refractivity contribution in [3.63, 3.8) is 0 Å². The molecule has 0 aromatic carbocycles. The number of ether oxygens (including phenoxy) is 2. The quantitative estimate of drug-likeness (QED) is 0.516. The Morgan fingerprint density at radius 3 is 2.12 bits per heavy atom. The summed E-state index contributed by atoms with van der Waals surface area (Å²) in [5.74, 6) is -4.42. The number of carbonyl (C=O) groups is 3. The smallest absolute Gasteiger partial charge is 0.490 e. The van der Waals surface area contributed by atoms with Crippen LogP contribution in [0, 0.1) is 5.92 Å². The summed E-state index contributed by atoms with van der Waals surface area (Å²) in [6.45, 7) is 2.40. The van der Waals surface area contributed by atoms with Crippen LogP contribution < -0.4 is 4.74 Å². The van der Waals surface area contributed by atoms with Gasteiger partial charge in [-0.25, -0.2) is 9.59 Å². The minimum absolute atomic E-state index is 0.0499. The molecule has 4 rings (SSSR count). The summed E-state index contributed by atoms with van der Waals surface area (Å²) >= 11 is 0. The fraction of sp³-hybridized carbons (Fsp3) is 0.458. The highest BCUT2D eigenvalue weighted by molar-refractivity contribution is 5.94. The summed E-state index contributed by atoms with van der Waals surface area (Å²) in [4.78, 5) is 40.6. The second-order valence-electron chi connectivity index (χ2n) is 8.57. The van der Waals surface area contributed by atoms with Crippen LogP contribution in [-0.2, 0) is 14.3 Å². The third-order valence-electron chi connectivity index (χ3n) is 5.89. The number of alkyl halides is 6. The van der Waals surface area contributed by atoms with Gasteiger partial charge in [-0.1, -0.05) is 0 Å². The molecule has 1 saturated carbocycles. The zero-order chi connectivity index (χ0) is 30.0. The molecule has 2 aromatic heterocycles. The van der Waals surface area contributed by atoms with Gasteiger partial charge < -0.3 is 24.6 Å². The van der Waals surface area contributed by atoms with E-state index in [1.54, 1.807) is 36.9 Å². The summed E-state index contributed by atoms with van der Waals surface area (Å²) < 4.78 is 75.7. The number of nitrogens with zero attached hydrogens (tertiary/aromatic N) is 3. The van der Waals surface area contributed by atoms with Crippen molar-refractivity contribution < 1.29 is 60.4 Å². The van der Waals surface area contributed by atoms with Gasteiger partial charge in [-0.3, -0.25) is 14.8 Å². The van der Waals surface area contributed by atoms with Crippen LogP contribution in [0.5, 0.6) is 5.75 Å². The number of amides is 1. The van der Waals surface area contributed by atoms with E-state index in [0.29, 0.717) is 31.9 Å². The molecule has 1 aliphatic heterocycles. The summed E-state index contributed by atoms with van der Waals surface area (Å²) in [5.41, 5.74) is 0.376. The molecule has 0 radical (unpaired) electrons. The second-order valence-corrected chi connectivity index (χ2v) is 8.57. The van der Waals surface area contributed by atoms with E-state index in [2.05, 4.69) is 9.97 Å². The van der Waals surface area contributed by atoms with Crippen molar-refractivity contribution in [3.8, 4) is 5.75 Å². The summed E-state index contributed by atoms with van der Waals surface area (Å²) in [6.07, 6.45) is -0.281. The molecule has 220 valence electrons. The minimum atomic E-state index is -5.08. The lowest BCUT2D eigenvalue weighted by atomic mass is 9.89. The Balaban J connectivity index is 0.000000333. The first-order valence-corrected chi connectivity index (χ1v) is 11.6. The van der Waals surface area contributed by atoms with Gasteiger partial charge in [0.05, 0.1) is 31.6 Å². The maximum Gasteiger partial charge on any atom is 0.490 e. The van der Waals surface area contributed by atoms with Crippen LogP contribution in [0.4, 0.5) is 26.3 Å². The predicted molar refractivity (Wildman–Crippen MR) is 123 cm³/mol. The summed E-state index contributed by atoms with van der Waals surface area (Å²) in [5, 5.41) is 14.2. The molecule has 10 nitrogen and oxygen atoms in total. The van der Waals surface area contributed by atoms with Crippen molar-refractivity contribution in [2.24, 2.45) is 5.92 Å². The van der Waals surface area contributed by atoms with Crippen molar-refractivity contribution in [2.75, 3.05) is 26.3 Å². The number of hydrogen-bond donors (Lipinski definition) is 2. The van der Waals surface area contributed by atoms with Crippen LogP contribution in [0.25, 0.3) is 0 Å². The highest BCUT2D eigenvalue weighted by Gasteiger charge is 2.48. The third kappa shape index (κ3) is 9.66. The van der Waals surface area contributed by atoms with E-state index < -0.39 is 24.3 Å². The largest absolute Gasteiger partial charge is 0.492 e. The minimum Gasteiger partial charge on any atom is -0.492 e. The maximum absolute atomic E-state index is 12.8. The molecule has 0 unspecified atom stereocenters. The zero-order valence-electron chi connectivity index (χ0n) is 20.7. The Morgan fingerprint density at radius 1 is 1.00 bits per heavy atom. The lowest BCUT2D eigenvalue weighted by molar-refractivity contribution is -0.193. The molecule has 1 saturated heterocycles. The normalized spacial score (nSPS) is 20.4. The van der Waals surface area contributed by atoms with Gasteiger partial charge >= 0.3 is 24.3 Å². The molecular weight excluding hydrogens is 556 g/mol. The van der Waals surface area contributed by atoms with Crippen LogP contribution in [0.3, 0.4) is 0 Å². The van der Waals surface area contributed by atoms with E-state index in [1.807, 2.05) is 17.0 Å². The summed E-state index contributed by atoms with van der Waals surface area (Å²) in [7, 11) is 0. The molecule has 0 bridgehead atoms. The first kappa shape index (κ1) is 32.3. The topological polar surface area (TPSA) is 139 Å². The van der Waals surface area contributed by atoms with Crippen LogP contribution in [0.15, 0.2) is 49.1 Å². The molecule has 2 atom stereocenters. The lowest BCUT2D eigenvalue weighted by Gasteiger charge is -2.44. The lowest BCUT2D eigenvalue weighted by Crippen LogP contribution is -2.56. The number of carboxylic acid groups (broad SMARTS) is 2. The second kappa shape index (κ2) is 13.9. The monoisotopic (exact) mass is 581 g/mol. The van der Waals surface area contributed by atoms with Crippen molar-refractivity contribution >= 4 is 17.8 Å². The average molecular weight is 581 g/mol. The van der Waals surface area contributed by atoms with Gasteiger partial charge in [-0.2, -0.15) is 26.3 Å². The van der Waals surface area contributed by atoms with E-state index in [9.17, 15) is 31.1 Å². The number of carbonyl (C=O) groups excluding carboxylic acids is 1. The first-order chi connectivity index (χ1) is 18.7. The highest BCUT2D eigenvalue weighted by atomic mass is 19.4. The number of carboxylic acids is 2. The number of pyridine rings is 2. The zero-order valence-corrected chi connectivity index (χ0v) is 20.7. The highest BCUT2D eigenvalue weighted by Crippen LogP contribution is 2.41. The van der Waals surface area contributed by atoms with Crippen LogP contribution >= 0.6 is 0 Å². The number of aromatic nitrogens is 2. The molecule has 2 aliphatic rings. The molecule has 2 N–H and O–H groups in total. The molecule has 1 amide bonds. The molecule has 2 fully saturated rings. The predicted octanol–water partition coefficient (Wildman–Crippen LogP) is 3.83. The Labute approximate surface area is 223 Å². The van der Waals surface area contributed by atoms with Gasteiger partial charge in [-0.05, 0) is 43.5 Å². The van der Waals surface area contributed by atoms with E-state index in [4.69, 9.17) is 29.3 Å². The number of rotatable bonds is 4. The number of morpholine rings is 1. The molecule has 40 heavy (non-hydrogen) atoms. The van der Waals surface area contributed by atoms with Gasteiger partial charge in [-0.15, -0.1) is 0 Å². The number of hydrogen-bond acceptors (Lipinski definition) is 7. The van der Waals surface area contributed by atoms with Crippen LogP contribution in [-0.4, -0.2) is 87.2 Å². The van der Waals surface area contributed by atoms with Crippen molar-refractivity contribution in [2.45, 2.75) is 37.2 Å². The SMILES string of the molecule is O=C(O)C(F)(F)F.O=C(O)C(F)(F)F.O=C(c1ccncc1)N1CCO[C@]2(CCC[C@H]2COc2cccnc2)C1.